The summed E-state index contributed by atoms with van der Waals surface area (Å²) in [6, 6.07) is 7.06. The van der Waals surface area contributed by atoms with Crippen molar-refractivity contribution in [3.05, 3.63) is 24.3 Å². The smallest absolute Gasteiger partial charge is 0.303 e. The highest BCUT2D eigenvalue weighted by molar-refractivity contribution is 5.94. The number of aliphatic carboxylic acids is 1. The molecule has 0 radical (unpaired) electrons. The van der Waals surface area contributed by atoms with E-state index in [1.807, 2.05) is 0 Å². The topological polar surface area (TPSA) is 95.9 Å². The molecule has 1 saturated carbocycles. The van der Waals surface area contributed by atoms with E-state index < -0.39 is 5.97 Å². The number of amides is 2. The molecule has 1 aliphatic heterocycles. The molecule has 2 N–H and O–H groups in total. The van der Waals surface area contributed by atoms with Crippen LogP contribution in [0.25, 0.3) is 0 Å². The fraction of sp³-hybridized carbons (Fsp3) is 0.550. The Bertz CT molecular complexity index is 701. The molecule has 0 bridgehead atoms. The van der Waals surface area contributed by atoms with Crippen molar-refractivity contribution in [3.63, 3.8) is 0 Å². The lowest BCUT2D eigenvalue weighted by Gasteiger charge is -2.32. The standard InChI is InChI=1S/C20H26N2O5/c23-18(22-10-2-3-14(12-22)6-9-19(24)25)13-27-17-5-1-4-16(11-17)21-20(26)15-7-8-15/h1,4-5,11,14-15H,2-3,6-10,12-13H2,(H,21,26)(H,24,25). The van der Waals surface area contributed by atoms with E-state index in [1.165, 1.54) is 0 Å². The van der Waals surface area contributed by atoms with E-state index in [2.05, 4.69) is 5.32 Å². The summed E-state index contributed by atoms with van der Waals surface area (Å²) in [5, 5.41) is 11.7. The molecule has 3 rings (SSSR count). The van der Waals surface area contributed by atoms with Crippen LogP contribution < -0.4 is 10.1 Å². The zero-order valence-electron chi connectivity index (χ0n) is 15.4. The number of carboxylic acids is 1. The Balaban J connectivity index is 1.46. The van der Waals surface area contributed by atoms with Gasteiger partial charge in [0.15, 0.2) is 6.61 Å². The van der Waals surface area contributed by atoms with Crippen molar-refractivity contribution in [2.45, 2.75) is 38.5 Å². The molecule has 7 nitrogen and oxygen atoms in total. The summed E-state index contributed by atoms with van der Waals surface area (Å²) in [4.78, 5) is 36.7. The number of hydrogen-bond donors (Lipinski definition) is 2. The van der Waals surface area contributed by atoms with E-state index in [1.54, 1.807) is 29.2 Å². The molecule has 1 aromatic carbocycles. The molecule has 2 aliphatic rings. The van der Waals surface area contributed by atoms with E-state index >= 15 is 0 Å². The van der Waals surface area contributed by atoms with Crippen LogP contribution in [-0.2, 0) is 14.4 Å². The molecule has 0 aromatic heterocycles. The maximum atomic E-state index is 12.4. The highest BCUT2D eigenvalue weighted by Crippen LogP contribution is 2.30. The monoisotopic (exact) mass is 374 g/mol. The van der Waals surface area contributed by atoms with Gasteiger partial charge in [0.05, 0.1) is 0 Å². The third kappa shape index (κ3) is 5.98. The minimum atomic E-state index is -0.796. The van der Waals surface area contributed by atoms with Gasteiger partial charge in [0.1, 0.15) is 5.75 Å². The van der Waals surface area contributed by atoms with E-state index in [-0.39, 0.29) is 36.7 Å². The van der Waals surface area contributed by atoms with Crippen LogP contribution in [0.2, 0.25) is 0 Å². The molecule has 1 saturated heterocycles. The number of carboxylic acid groups (broad SMARTS) is 1. The molecule has 7 heteroatoms. The lowest BCUT2D eigenvalue weighted by atomic mass is 9.93. The van der Waals surface area contributed by atoms with Gasteiger partial charge in [-0.2, -0.15) is 0 Å². The predicted octanol–water partition coefficient (Wildman–Crippen LogP) is 2.52. The molecule has 146 valence electrons. The minimum absolute atomic E-state index is 0.0314. The van der Waals surface area contributed by atoms with Gasteiger partial charge in [0.25, 0.3) is 5.91 Å². The van der Waals surface area contributed by atoms with Gasteiger partial charge in [-0.15, -0.1) is 0 Å². The van der Waals surface area contributed by atoms with Gasteiger partial charge in [-0.1, -0.05) is 6.07 Å². The molecule has 1 unspecified atom stereocenters. The van der Waals surface area contributed by atoms with E-state index in [4.69, 9.17) is 9.84 Å². The predicted molar refractivity (Wildman–Crippen MR) is 99.5 cm³/mol. The van der Waals surface area contributed by atoms with Crippen LogP contribution in [0.3, 0.4) is 0 Å². The van der Waals surface area contributed by atoms with Crippen molar-refractivity contribution >= 4 is 23.5 Å². The minimum Gasteiger partial charge on any atom is -0.484 e. The largest absolute Gasteiger partial charge is 0.484 e. The molecule has 1 aromatic rings. The van der Waals surface area contributed by atoms with E-state index in [9.17, 15) is 14.4 Å². The molecular weight excluding hydrogens is 348 g/mol. The summed E-state index contributed by atoms with van der Waals surface area (Å²) >= 11 is 0. The third-order valence-electron chi connectivity index (χ3n) is 5.05. The van der Waals surface area contributed by atoms with Gasteiger partial charge >= 0.3 is 5.97 Å². The van der Waals surface area contributed by atoms with Crippen LogP contribution in [0.15, 0.2) is 24.3 Å². The second-order valence-corrected chi connectivity index (χ2v) is 7.36. The fourth-order valence-electron chi connectivity index (χ4n) is 3.34. The number of ether oxygens (including phenoxy) is 1. The number of rotatable bonds is 8. The first kappa shape index (κ1) is 19.2. The first-order chi connectivity index (χ1) is 13.0. The maximum Gasteiger partial charge on any atom is 0.303 e. The Labute approximate surface area is 158 Å². The van der Waals surface area contributed by atoms with Crippen molar-refractivity contribution < 1.29 is 24.2 Å². The molecule has 1 aliphatic carbocycles. The Kier molecular flexibility index (Phi) is 6.32. The van der Waals surface area contributed by atoms with Crippen molar-refractivity contribution in [2.75, 3.05) is 25.0 Å². The van der Waals surface area contributed by atoms with Crippen molar-refractivity contribution in [3.8, 4) is 5.75 Å². The summed E-state index contributed by atoms with van der Waals surface area (Å²) < 4.78 is 5.62. The van der Waals surface area contributed by atoms with E-state index in [0.717, 1.165) is 25.7 Å². The van der Waals surface area contributed by atoms with Crippen LogP contribution in [-0.4, -0.2) is 47.5 Å². The fourth-order valence-corrected chi connectivity index (χ4v) is 3.34. The number of anilines is 1. The average molecular weight is 374 g/mol. The number of likely N-dealkylation sites (tertiary alicyclic amines) is 1. The second kappa shape index (κ2) is 8.88. The highest BCUT2D eigenvalue weighted by atomic mass is 16.5. The van der Waals surface area contributed by atoms with E-state index in [0.29, 0.717) is 30.9 Å². The van der Waals surface area contributed by atoms with Gasteiger partial charge in [0.2, 0.25) is 5.91 Å². The third-order valence-corrected chi connectivity index (χ3v) is 5.05. The van der Waals surface area contributed by atoms with Crippen molar-refractivity contribution in [1.29, 1.82) is 0 Å². The van der Waals surface area contributed by atoms with Gasteiger partial charge in [-0.05, 0) is 50.2 Å². The summed E-state index contributed by atoms with van der Waals surface area (Å²) in [5.74, 6) is 0.0438. The lowest BCUT2D eigenvalue weighted by molar-refractivity contribution is -0.137. The summed E-state index contributed by atoms with van der Waals surface area (Å²) in [7, 11) is 0. The average Bonchev–Trinajstić information content (AvgIpc) is 3.50. The van der Waals surface area contributed by atoms with Crippen LogP contribution in [0.1, 0.15) is 38.5 Å². The number of nitrogens with zero attached hydrogens (tertiary/aromatic N) is 1. The van der Waals surface area contributed by atoms with Crippen molar-refractivity contribution in [2.24, 2.45) is 11.8 Å². The normalized spacial score (nSPS) is 19.4. The zero-order chi connectivity index (χ0) is 19.2. The van der Waals surface area contributed by atoms with Crippen LogP contribution in [0.4, 0.5) is 5.69 Å². The van der Waals surface area contributed by atoms with Gasteiger partial charge in [0, 0.05) is 37.2 Å². The summed E-state index contributed by atoms with van der Waals surface area (Å²) in [5.41, 5.74) is 0.670. The Morgan fingerprint density at radius 3 is 2.78 bits per heavy atom. The number of carbonyl (C=O) groups is 3. The first-order valence-corrected chi connectivity index (χ1v) is 9.54. The highest BCUT2D eigenvalue weighted by Gasteiger charge is 2.29. The van der Waals surface area contributed by atoms with Gasteiger partial charge in [-0.3, -0.25) is 14.4 Å². The quantitative estimate of drug-likeness (QED) is 0.729. The Hall–Kier alpha value is -2.57. The van der Waals surface area contributed by atoms with Crippen LogP contribution in [0.5, 0.6) is 5.75 Å². The number of carbonyl (C=O) groups excluding carboxylic acids is 2. The molecule has 2 fully saturated rings. The number of benzene rings is 1. The summed E-state index contributed by atoms with van der Waals surface area (Å²) in [6.45, 7) is 1.21. The molecule has 0 spiro atoms. The number of piperidine rings is 1. The number of hydrogen-bond acceptors (Lipinski definition) is 4. The first-order valence-electron chi connectivity index (χ1n) is 9.54. The molecule has 27 heavy (non-hydrogen) atoms. The zero-order valence-corrected chi connectivity index (χ0v) is 15.4. The molecular formula is C20H26N2O5. The maximum absolute atomic E-state index is 12.4. The van der Waals surface area contributed by atoms with Crippen LogP contribution >= 0.6 is 0 Å². The van der Waals surface area contributed by atoms with Crippen LogP contribution in [0, 0.1) is 11.8 Å². The Morgan fingerprint density at radius 1 is 1.22 bits per heavy atom. The van der Waals surface area contributed by atoms with Crippen molar-refractivity contribution in [1.82, 2.24) is 4.90 Å². The lowest BCUT2D eigenvalue weighted by Crippen LogP contribution is -2.42. The molecule has 1 atom stereocenters. The number of nitrogens with one attached hydrogen (secondary N) is 1. The second-order valence-electron chi connectivity index (χ2n) is 7.36. The SMILES string of the molecule is O=C(O)CCC1CCCN(C(=O)COc2cccc(NC(=O)C3CC3)c2)C1. The summed E-state index contributed by atoms with van der Waals surface area (Å²) in [6.07, 6.45) is 4.48. The molecule has 1 heterocycles. The van der Waals surface area contributed by atoms with Gasteiger partial charge < -0.3 is 20.1 Å². The van der Waals surface area contributed by atoms with Gasteiger partial charge in [-0.25, -0.2) is 0 Å². The Morgan fingerprint density at radius 2 is 2.04 bits per heavy atom. The molecule has 2 amide bonds.